The highest BCUT2D eigenvalue weighted by Crippen LogP contribution is 2.31. The third-order valence-electron chi connectivity index (χ3n) is 2.48. The molecule has 0 aliphatic heterocycles. The van der Waals surface area contributed by atoms with E-state index in [9.17, 15) is 8.78 Å². The molecule has 1 heterocycles. The van der Waals surface area contributed by atoms with Gasteiger partial charge in [-0.15, -0.1) is 11.3 Å². The Bertz CT molecular complexity index is 533. The van der Waals surface area contributed by atoms with Crippen molar-refractivity contribution in [3.63, 3.8) is 0 Å². The maximum Gasteiger partial charge on any atom is 0.387 e. The molecule has 0 radical (unpaired) electrons. The van der Waals surface area contributed by atoms with E-state index in [-0.39, 0.29) is 11.8 Å². The Hall–Kier alpha value is -1.21. The quantitative estimate of drug-likeness (QED) is 0.656. The third kappa shape index (κ3) is 3.63. The third-order valence-corrected chi connectivity index (χ3v) is 3.78. The van der Waals surface area contributed by atoms with Crippen LogP contribution in [-0.2, 0) is 0 Å². The first-order chi connectivity index (χ1) is 9.10. The van der Waals surface area contributed by atoms with Crippen LogP contribution >= 0.6 is 22.9 Å². The lowest BCUT2D eigenvalue weighted by molar-refractivity contribution is -0.0498. The SMILES string of the molecule is NNC(c1ccc(OC(F)F)cc1)c1ccc(Cl)s1. The second-order valence-corrected chi connectivity index (χ2v) is 5.44. The molecule has 3 nitrogen and oxygen atoms in total. The molecule has 0 saturated carbocycles. The first kappa shape index (κ1) is 14.2. The number of halogens is 3. The number of hydrogen-bond acceptors (Lipinski definition) is 4. The van der Waals surface area contributed by atoms with Crippen molar-refractivity contribution in [1.29, 1.82) is 0 Å². The van der Waals surface area contributed by atoms with Crippen LogP contribution in [0.3, 0.4) is 0 Å². The molecule has 0 bridgehead atoms. The molecule has 1 aromatic carbocycles. The van der Waals surface area contributed by atoms with E-state index in [2.05, 4.69) is 10.2 Å². The molecule has 0 saturated heterocycles. The van der Waals surface area contributed by atoms with E-state index < -0.39 is 6.61 Å². The van der Waals surface area contributed by atoms with Crippen LogP contribution in [-0.4, -0.2) is 6.61 Å². The summed E-state index contributed by atoms with van der Waals surface area (Å²) in [5, 5.41) is 0. The summed E-state index contributed by atoms with van der Waals surface area (Å²) in [5.41, 5.74) is 3.51. The molecule has 0 amide bonds. The molecule has 0 aliphatic carbocycles. The van der Waals surface area contributed by atoms with Gasteiger partial charge < -0.3 is 4.74 Å². The summed E-state index contributed by atoms with van der Waals surface area (Å²) in [6.07, 6.45) is 0. The van der Waals surface area contributed by atoms with Gasteiger partial charge in [-0.1, -0.05) is 23.7 Å². The van der Waals surface area contributed by atoms with Gasteiger partial charge in [-0.3, -0.25) is 5.84 Å². The van der Waals surface area contributed by atoms with E-state index in [1.807, 2.05) is 6.07 Å². The van der Waals surface area contributed by atoms with Crippen LogP contribution in [0.5, 0.6) is 5.75 Å². The smallest absolute Gasteiger partial charge is 0.387 e. The van der Waals surface area contributed by atoms with Crippen LogP contribution in [0.15, 0.2) is 36.4 Å². The summed E-state index contributed by atoms with van der Waals surface area (Å²) in [7, 11) is 0. The van der Waals surface area contributed by atoms with Gasteiger partial charge >= 0.3 is 6.61 Å². The molecule has 2 aromatic rings. The molecular formula is C12H11ClF2N2OS. The van der Waals surface area contributed by atoms with E-state index in [4.69, 9.17) is 17.4 Å². The Morgan fingerprint density at radius 2 is 1.84 bits per heavy atom. The largest absolute Gasteiger partial charge is 0.435 e. The predicted molar refractivity (Wildman–Crippen MR) is 71.6 cm³/mol. The van der Waals surface area contributed by atoms with Crippen LogP contribution in [0.25, 0.3) is 0 Å². The number of ether oxygens (including phenoxy) is 1. The standard InChI is InChI=1S/C12H11ClF2N2OS/c13-10-6-5-9(19-10)11(17-16)7-1-3-8(4-2-7)18-12(14)15/h1-6,11-12,17H,16H2. The minimum atomic E-state index is -2.83. The minimum Gasteiger partial charge on any atom is -0.435 e. The molecule has 102 valence electrons. The Kier molecular flexibility index (Phi) is 4.71. The molecule has 1 atom stereocenters. The number of alkyl halides is 2. The lowest BCUT2D eigenvalue weighted by atomic mass is 10.1. The van der Waals surface area contributed by atoms with E-state index in [0.717, 1.165) is 10.4 Å². The van der Waals surface area contributed by atoms with Gasteiger partial charge in [0.25, 0.3) is 0 Å². The monoisotopic (exact) mass is 304 g/mol. The van der Waals surface area contributed by atoms with Gasteiger partial charge in [0.05, 0.1) is 10.4 Å². The first-order valence-corrected chi connectivity index (χ1v) is 6.55. The summed E-state index contributed by atoms with van der Waals surface area (Å²) in [6.45, 7) is -2.83. The number of nitrogens with one attached hydrogen (secondary N) is 1. The summed E-state index contributed by atoms with van der Waals surface area (Å²) in [6, 6.07) is 9.70. The van der Waals surface area contributed by atoms with E-state index in [1.54, 1.807) is 18.2 Å². The average Bonchev–Trinajstić information content (AvgIpc) is 2.78. The molecule has 0 aliphatic rings. The Labute approximate surface area is 117 Å². The van der Waals surface area contributed by atoms with E-state index in [1.165, 1.54) is 23.5 Å². The maximum atomic E-state index is 12.0. The lowest BCUT2D eigenvalue weighted by Crippen LogP contribution is -2.28. The Morgan fingerprint density at radius 3 is 2.32 bits per heavy atom. The normalized spacial score (nSPS) is 12.7. The zero-order valence-electron chi connectivity index (χ0n) is 9.65. The van der Waals surface area contributed by atoms with Gasteiger partial charge in [-0.05, 0) is 29.8 Å². The molecule has 19 heavy (non-hydrogen) atoms. The molecule has 7 heteroatoms. The highest BCUT2D eigenvalue weighted by molar-refractivity contribution is 7.16. The van der Waals surface area contributed by atoms with Gasteiger partial charge in [-0.25, -0.2) is 5.43 Å². The highest BCUT2D eigenvalue weighted by atomic mass is 35.5. The zero-order valence-corrected chi connectivity index (χ0v) is 11.2. The van der Waals surface area contributed by atoms with Gasteiger partial charge in [0.15, 0.2) is 0 Å². The van der Waals surface area contributed by atoms with Crippen molar-refractivity contribution >= 4 is 22.9 Å². The van der Waals surface area contributed by atoms with E-state index in [0.29, 0.717) is 4.34 Å². The van der Waals surface area contributed by atoms with Crippen LogP contribution in [0.1, 0.15) is 16.5 Å². The molecular weight excluding hydrogens is 294 g/mol. The molecule has 1 aromatic heterocycles. The lowest BCUT2D eigenvalue weighted by Gasteiger charge is -2.15. The van der Waals surface area contributed by atoms with Crippen molar-refractivity contribution in [3.05, 3.63) is 51.2 Å². The Morgan fingerprint density at radius 1 is 1.16 bits per heavy atom. The van der Waals surface area contributed by atoms with Crippen molar-refractivity contribution in [3.8, 4) is 5.75 Å². The van der Waals surface area contributed by atoms with Crippen molar-refractivity contribution < 1.29 is 13.5 Å². The van der Waals surface area contributed by atoms with Crippen LogP contribution in [0.4, 0.5) is 8.78 Å². The number of rotatable bonds is 5. The number of nitrogens with two attached hydrogens (primary N) is 1. The Balaban J connectivity index is 2.19. The summed E-state index contributed by atoms with van der Waals surface area (Å²) < 4.78 is 29.0. The first-order valence-electron chi connectivity index (χ1n) is 5.36. The maximum absolute atomic E-state index is 12.0. The number of thiophene rings is 1. The van der Waals surface area contributed by atoms with Gasteiger partial charge in [0.1, 0.15) is 5.75 Å². The molecule has 0 spiro atoms. The number of hydrogen-bond donors (Lipinski definition) is 2. The summed E-state index contributed by atoms with van der Waals surface area (Å²) >= 11 is 7.28. The van der Waals surface area contributed by atoms with Crippen LogP contribution in [0, 0.1) is 0 Å². The number of benzene rings is 1. The van der Waals surface area contributed by atoms with Gasteiger partial charge in [0.2, 0.25) is 0 Å². The minimum absolute atomic E-state index is 0.110. The van der Waals surface area contributed by atoms with Crippen molar-refractivity contribution in [1.82, 2.24) is 5.43 Å². The average molecular weight is 305 g/mol. The molecule has 2 rings (SSSR count). The van der Waals surface area contributed by atoms with Crippen molar-refractivity contribution in [2.75, 3.05) is 0 Å². The summed E-state index contributed by atoms with van der Waals surface area (Å²) in [5.74, 6) is 5.64. The van der Waals surface area contributed by atoms with Crippen molar-refractivity contribution in [2.45, 2.75) is 12.7 Å². The van der Waals surface area contributed by atoms with Gasteiger partial charge in [-0.2, -0.15) is 8.78 Å². The fourth-order valence-electron chi connectivity index (χ4n) is 1.67. The summed E-state index contributed by atoms with van der Waals surface area (Å²) in [4.78, 5) is 0.940. The van der Waals surface area contributed by atoms with Crippen LogP contribution < -0.4 is 16.0 Å². The molecule has 1 unspecified atom stereocenters. The topological polar surface area (TPSA) is 47.3 Å². The fraction of sp³-hybridized carbons (Fsp3) is 0.167. The zero-order chi connectivity index (χ0) is 13.8. The van der Waals surface area contributed by atoms with Crippen molar-refractivity contribution in [2.24, 2.45) is 5.84 Å². The van der Waals surface area contributed by atoms with Gasteiger partial charge in [0, 0.05) is 4.88 Å². The highest BCUT2D eigenvalue weighted by Gasteiger charge is 2.15. The molecule has 3 N–H and O–H groups in total. The van der Waals surface area contributed by atoms with E-state index >= 15 is 0 Å². The fourth-order valence-corrected chi connectivity index (χ4v) is 2.82. The second-order valence-electron chi connectivity index (χ2n) is 3.69. The van der Waals surface area contributed by atoms with Crippen LogP contribution in [0.2, 0.25) is 4.34 Å². The predicted octanol–water partition coefficient (Wildman–Crippen LogP) is 3.56. The number of hydrazine groups is 1. The molecule has 0 fully saturated rings. The second kappa shape index (κ2) is 6.29.